The molecule has 0 radical (unpaired) electrons. The van der Waals surface area contributed by atoms with Crippen molar-refractivity contribution in [1.82, 2.24) is 5.32 Å². The van der Waals surface area contributed by atoms with Gasteiger partial charge in [-0.15, -0.1) is 0 Å². The van der Waals surface area contributed by atoms with Crippen LogP contribution in [0.4, 0.5) is 0 Å². The van der Waals surface area contributed by atoms with Crippen LogP contribution >= 0.6 is 0 Å². The molecule has 0 bridgehead atoms. The minimum atomic E-state index is -0.907. The highest BCUT2D eigenvalue weighted by molar-refractivity contribution is 5.86. The number of unbranched alkanes of at least 4 members (excludes halogenated alkanes) is 1. The maximum atomic E-state index is 12.1. The normalized spacial score (nSPS) is 17.6. The number of benzene rings is 1. The van der Waals surface area contributed by atoms with Gasteiger partial charge in [-0.2, -0.15) is 0 Å². The highest BCUT2D eigenvalue weighted by atomic mass is 16.5. The van der Waals surface area contributed by atoms with Gasteiger partial charge in [0.05, 0.1) is 6.61 Å². The lowest BCUT2D eigenvalue weighted by atomic mass is 9.89. The molecule has 1 aliphatic carbocycles. The Labute approximate surface area is 120 Å². The largest absolute Gasteiger partial charge is 0.379 e. The summed E-state index contributed by atoms with van der Waals surface area (Å²) in [5, 5.41) is 3.40. The fourth-order valence-electron chi connectivity index (χ4n) is 2.26. The molecule has 110 valence electrons. The molecule has 0 aliphatic heterocycles. The number of carbonyl (C=O) groups excluding carboxylic acids is 1. The Kier molecular flexibility index (Phi) is 5.15. The van der Waals surface area contributed by atoms with Crippen LogP contribution < -0.4 is 11.1 Å². The van der Waals surface area contributed by atoms with Gasteiger partial charge in [-0.3, -0.25) is 10.1 Å². The van der Waals surface area contributed by atoms with Crippen LogP contribution in [0.3, 0.4) is 0 Å². The van der Waals surface area contributed by atoms with Gasteiger partial charge in [-0.05, 0) is 24.8 Å². The van der Waals surface area contributed by atoms with Crippen LogP contribution in [0.25, 0.3) is 0 Å². The lowest BCUT2D eigenvalue weighted by Crippen LogP contribution is -2.56. The van der Waals surface area contributed by atoms with Crippen molar-refractivity contribution in [3.8, 4) is 0 Å². The highest BCUT2D eigenvalue weighted by Gasteiger charge is 2.43. The molecule has 1 aliphatic rings. The van der Waals surface area contributed by atoms with Crippen molar-refractivity contribution in [2.75, 3.05) is 13.2 Å². The third-order valence-corrected chi connectivity index (χ3v) is 3.68. The van der Waals surface area contributed by atoms with Gasteiger partial charge in [-0.25, -0.2) is 0 Å². The first-order valence-electron chi connectivity index (χ1n) is 7.40. The van der Waals surface area contributed by atoms with E-state index < -0.39 is 5.54 Å². The molecular weight excluding hydrogens is 252 g/mol. The van der Waals surface area contributed by atoms with E-state index in [0.717, 1.165) is 31.2 Å². The zero-order chi connectivity index (χ0) is 14.4. The predicted octanol–water partition coefficient (Wildman–Crippen LogP) is 1.94. The summed E-state index contributed by atoms with van der Waals surface area (Å²) in [6.07, 6.45) is 4.26. The fraction of sp³-hybridized carbons (Fsp3) is 0.562. The molecule has 0 aromatic heterocycles. The van der Waals surface area contributed by atoms with Crippen molar-refractivity contribution >= 4 is 5.91 Å². The quantitative estimate of drug-likeness (QED) is 0.677. The molecule has 1 unspecified atom stereocenters. The minimum Gasteiger partial charge on any atom is -0.379 e. The van der Waals surface area contributed by atoms with E-state index in [4.69, 9.17) is 10.5 Å². The number of hydrogen-bond acceptors (Lipinski definition) is 3. The Hall–Kier alpha value is -1.39. The molecule has 20 heavy (non-hydrogen) atoms. The van der Waals surface area contributed by atoms with E-state index in [1.807, 2.05) is 30.3 Å². The molecule has 1 aromatic carbocycles. The van der Waals surface area contributed by atoms with Crippen molar-refractivity contribution in [3.05, 3.63) is 35.9 Å². The summed E-state index contributed by atoms with van der Waals surface area (Å²) < 4.78 is 5.72. The van der Waals surface area contributed by atoms with Gasteiger partial charge in [-0.1, -0.05) is 43.7 Å². The van der Waals surface area contributed by atoms with Crippen LogP contribution in [-0.2, 0) is 15.1 Å². The van der Waals surface area contributed by atoms with Crippen LogP contribution in [0.5, 0.6) is 0 Å². The second-order valence-corrected chi connectivity index (χ2v) is 5.46. The van der Waals surface area contributed by atoms with Gasteiger partial charge >= 0.3 is 0 Å². The van der Waals surface area contributed by atoms with E-state index in [1.54, 1.807) is 0 Å². The Bertz CT molecular complexity index is 431. The van der Waals surface area contributed by atoms with Crippen LogP contribution in [0.2, 0.25) is 0 Å². The van der Waals surface area contributed by atoms with E-state index in [-0.39, 0.29) is 5.91 Å². The molecule has 1 atom stereocenters. The summed E-state index contributed by atoms with van der Waals surface area (Å²) >= 11 is 0. The van der Waals surface area contributed by atoms with Gasteiger partial charge < -0.3 is 10.5 Å². The van der Waals surface area contributed by atoms with Crippen molar-refractivity contribution in [2.24, 2.45) is 5.73 Å². The number of primary amides is 1. The van der Waals surface area contributed by atoms with E-state index in [0.29, 0.717) is 19.3 Å². The topological polar surface area (TPSA) is 64.3 Å². The van der Waals surface area contributed by atoms with Crippen LogP contribution in [0.1, 0.15) is 38.2 Å². The van der Waals surface area contributed by atoms with E-state index in [1.165, 1.54) is 0 Å². The Morgan fingerprint density at radius 2 is 2.10 bits per heavy atom. The van der Waals surface area contributed by atoms with Gasteiger partial charge in [0.15, 0.2) is 0 Å². The maximum absolute atomic E-state index is 12.1. The zero-order valence-corrected chi connectivity index (χ0v) is 12.1. The number of rotatable bonds is 9. The monoisotopic (exact) mass is 276 g/mol. The molecule has 1 saturated carbocycles. The molecule has 3 N–H and O–H groups in total. The molecule has 0 saturated heterocycles. The Morgan fingerprint density at radius 1 is 1.40 bits per heavy atom. The molecular formula is C16H24N2O2. The zero-order valence-electron chi connectivity index (χ0n) is 12.1. The van der Waals surface area contributed by atoms with Crippen molar-refractivity contribution < 1.29 is 9.53 Å². The maximum Gasteiger partial charge on any atom is 0.244 e. The number of nitrogens with one attached hydrogen (secondary N) is 1. The average Bonchev–Trinajstić information content (AvgIpc) is 3.27. The molecule has 0 heterocycles. The smallest absolute Gasteiger partial charge is 0.244 e. The van der Waals surface area contributed by atoms with E-state index in [2.05, 4.69) is 12.2 Å². The molecule has 2 rings (SSSR count). The van der Waals surface area contributed by atoms with Gasteiger partial charge in [0, 0.05) is 12.6 Å². The molecule has 4 nitrogen and oxygen atoms in total. The van der Waals surface area contributed by atoms with E-state index in [9.17, 15) is 4.79 Å². The van der Waals surface area contributed by atoms with Gasteiger partial charge in [0.25, 0.3) is 0 Å². The molecule has 4 heteroatoms. The highest BCUT2D eigenvalue weighted by Crippen LogP contribution is 2.29. The SMILES string of the molecule is CCCCOCC(NC1CC1)(C(N)=O)c1ccccc1. The summed E-state index contributed by atoms with van der Waals surface area (Å²) in [6, 6.07) is 10.0. The molecule has 1 aromatic rings. The summed E-state index contributed by atoms with van der Waals surface area (Å²) in [5.41, 5.74) is 5.69. The van der Waals surface area contributed by atoms with Crippen molar-refractivity contribution in [2.45, 2.75) is 44.2 Å². The molecule has 0 spiro atoms. The summed E-state index contributed by atoms with van der Waals surface area (Å²) in [5.74, 6) is -0.368. The van der Waals surface area contributed by atoms with Gasteiger partial charge in [0.1, 0.15) is 5.54 Å². The third-order valence-electron chi connectivity index (χ3n) is 3.68. The first-order chi connectivity index (χ1) is 9.69. The fourth-order valence-corrected chi connectivity index (χ4v) is 2.26. The van der Waals surface area contributed by atoms with E-state index >= 15 is 0 Å². The van der Waals surface area contributed by atoms with Crippen LogP contribution in [0.15, 0.2) is 30.3 Å². The van der Waals surface area contributed by atoms with Crippen molar-refractivity contribution in [1.29, 1.82) is 0 Å². The number of amides is 1. The summed E-state index contributed by atoms with van der Waals surface area (Å²) in [4.78, 5) is 12.1. The lowest BCUT2D eigenvalue weighted by molar-refractivity contribution is -0.127. The number of hydrogen-bond donors (Lipinski definition) is 2. The average molecular weight is 276 g/mol. The second kappa shape index (κ2) is 6.86. The Morgan fingerprint density at radius 3 is 2.65 bits per heavy atom. The van der Waals surface area contributed by atoms with Crippen molar-refractivity contribution in [3.63, 3.8) is 0 Å². The van der Waals surface area contributed by atoms with Crippen LogP contribution in [-0.4, -0.2) is 25.2 Å². The summed E-state index contributed by atoms with van der Waals surface area (Å²) in [7, 11) is 0. The second-order valence-electron chi connectivity index (χ2n) is 5.46. The first-order valence-corrected chi connectivity index (χ1v) is 7.40. The van der Waals surface area contributed by atoms with Crippen LogP contribution in [0, 0.1) is 0 Å². The minimum absolute atomic E-state index is 0.294. The number of ether oxygens (including phenoxy) is 1. The molecule has 1 fully saturated rings. The Balaban J connectivity index is 2.17. The predicted molar refractivity (Wildman–Crippen MR) is 79.2 cm³/mol. The number of nitrogens with two attached hydrogens (primary N) is 1. The standard InChI is InChI=1S/C16H24N2O2/c1-2-3-11-20-12-16(15(17)19,18-14-9-10-14)13-7-5-4-6-8-13/h4-8,14,18H,2-3,9-12H2,1H3,(H2,17,19). The lowest BCUT2D eigenvalue weighted by Gasteiger charge is -2.32. The number of carbonyl (C=O) groups is 1. The first kappa shape index (κ1) is 15.0. The van der Waals surface area contributed by atoms with Gasteiger partial charge in [0.2, 0.25) is 5.91 Å². The molecule has 1 amide bonds. The summed E-state index contributed by atoms with van der Waals surface area (Å²) in [6.45, 7) is 3.07. The third kappa shape index (κ3) is 3.58.